The fourth-order valence-corrected chi connectivity index (χ4v) is 2.20. The van der Waals surface area contributed by atoms with E-state index in [9.17, 15) is 0 Å². The molecule has 1 N–H and O–H groups in total. The van der Waals surface area contributed by atoms with Crippen molar-refractivity contribution >= 4 is 0 Å². The summed E-state index contributed by atoms with van der Waals surface area (Å²) in [5.74, 6) is 1.90. The minimum absolute atomic E-state index is 0.723. The van der Waals surface area contributed by atoms with Crippen molar-refractivity contribution in [1.82, 2.24) is 15.1 Å². The first-order chi connectivity index (χ1) is 9.83. The van der Waals surface area contributed by atoms with E-state index in [0.717, 1.165) is 30.3 Å². The van der Waals surface area contributed by atoms with E-state index in [1.807, 2.05) is 48.1 Å². The topological polar surface area (TPSA) is 43.0 Å². The summed E-state index contributed by atoms with van der Waals surface area (Å²) < 4.78 is 7.43. The van der Waals surface area contributed by atoms with Gasteiger partial charge in [-0.15, -0.1) is 0 Å². The van der Waals surface area contributed by atoms with Crippen LogP contribution in [0.25, 0.3) is 5.69 Å². The van der Waals surface area contributed by atoms with Crippen LogP contribution in [0, 0.1) is 6.92 Å². The van der Waals surface area contributed by atoms with Crippen LogP contribution in [0.3, 0.4) is 0 Å². The number of hydrogen-bond acceptors (Lipinski definition) is 3. The average molecular weight is 267 g/mol. The molecule has 20 heavy (non-hydrogen) atoms. The van der Waals surface area contributed by atoms with E-state index in [1.54, 1.807) is 6.20 Å². The Labute approximate surface area is 118 Å². The quantitative estimate of drug-likeness (QED) is 0.772. The van der Waals surface area contributed by atoms with E-state index in [1.165, 1.54) is 5.56 Å². The summed E-state index contributed by atoms with van der Waals surface area (Å²) in [5.41, 5.74) is 2.31. The lowest BCUT2D eigenvalue weighted by Gasteiger charge is -2.10. The Morgan fingerprint density at radius 2 is 2.00 bits per heavy atom. The molecule has 4 nitrogen and oxygen atoms in total. The standard InChI is InChI=1S/C16H17N3O/c1-13-7-8-15(20-13)12-17-11-14-5-2-3-6-16(14)19-10-4-9-18-19/h2-10,17H,11-12H2,1H3. The molecule has 102 valence electrons. The molecule has 0 fully saturated rings. The van der Waals surface area contributed by atoms with Crippen molar-refractivity contribution < 1.29 is 4.42 Å². The van der Waals surface area contributed by atoms with Gasteiger partial charge in [0.25, 0.3) is 0 Å². The fourth-order valence-electron chi connectivity index (χ4n) is 2.20. The van der Waals surface area contributed by atoms with Gasteiger partial charge in [0.2, 0.25) is 0 Å². The maximum Gasteiger partial charge on any atom is 0.117 e. The van der Waals surface area contributed by atoms with Crippen molar-refractivity contribution in [3.63, 3.8) is 0 Å². The molecule has 0 unspecified atom stereocenters. The van der Waals surface area contributed by atoms with Gasteiger partial charge in [0.1, 0.15) is 11.5 Å². The van der Waals surface area contributed by atoms with Gasteiger partial charge in [0.15, 0.2) is 0 Å². The third-order valence-electron chi connectivity index (χ3n) is 3.15. The molecule has 1 aromatic carbocycles. The summed E-state index contributed by atoms with van der Waals surface area (Å²) in [6.45, 7) is 3.45. The normalized spacial score (nSPS) is 10.8. The van der Waals surface area contributed by atoms with Gasteiger partial charge < -0.3 is 9.73 Å². The highest BCUT2D eigenvalue weighted by Gasteiger charge is 2.04. The molecule has 0 spiro atoms. The molecule has 4 heteroatoms. The predicted octanol–water partition coefficient (Wildman–Crippen LogP) is 3.06. The number of para-hydroxylation sites is 1. The zero-order valence-electron chi connectivity index (χ0n) is 11.4. The van der Waals surface area contributed by atoms with Crippen LogP contribution in [0.5, 0.6) is 0 Å². The SMILES string of the molecule is Cc1ccc(CNCc2ccccc2-n2cccn2)o1. The summed E-state index contributed by atoms with van der Waals surface area (Å²) in [6.07, 6.45) is 3.74. The second-order valence-electron chi connectivity index (χ2n) is 4.70. The van der Waals surface area contributed by atoms with Crippen molar-refractivity contribution in [2.75, 3.05) is 0 Å². The molecule has 3 rings (SSSR count). The second-order valence-corrected chi connectivity index (χ2v) is 4.70. The monoisotopic (exact) mass is 267 g/mol. The summed E-state index contributed by atoms with van der Waals surface area (Å²) in [7, 11) is 0. The van der Waals surface area contributed by atoms with E-state index in [4.69, 9.17) is 4.42 Å². The van der Waals surface area contributed by atoms with E-state index < -0.39 is 0 Å². The van der Waals surface area contributed by atoms with E-state index >= 15 is 0 Å². The molecule has 0 amide bonds. The van der Waals surface area contributed by atoms with Gasteiger partial charge in [-0.3, -0.25) is 0 Å². The Balaban J connectivity index is 1.68. The number of furan rings is 1. The average Bonchev–Trinajstić information content (AvgIpc) is 3.11. The van der Waals surface area contributed by atoms with Crippen LogP contribution in [-0.2, 0) is 13.1 Å². The van der Waals surface area contributed by atoms with Gasteiger partial charge in [0.05, 0.1) is 12.2 Å². The highest BCUT2D eigenvalue weighted by molar-refractivity contribution is 5.40. The van der Waals surface area contributed by atoms with Crippen molar-refractivity contribution in [1.29, 1.82) is 0 Å². The van der Waals surface area contributed by atoms with Crippen LogP contribution in [0.2, 0.25) is 0 Å². The van der Waals surface area contributed by atoms with Crippen LogP contribution >= 0.6 is 0 Å². The molecular weight excluding hydrogens is 250 g/mol. The number of aryl methyl sites for hydroxylation is 1. The number of rotatable bonds is 5. The van der Waals surface area contributed by atoms with Crippen LogP contribution in [0.1, 0.15) is 17.1 Å². The number of nitrogens with zero attached hydrogens (tertiary/aromatic N) is 2. The summed E-state index contributed by atoms with van der Waals surface area (Å²) in [5, 5.41) is 7.69. The smallest absolute Gasteiger partial charge is 0.117 e. The molecule has 0 saturated carbocycles. The van der Waals surface area contributed by atoms with Crippen molar-refractivity contribution in [2.45, 2.75) is 20.0 Å². The molecular formula is C16H17N3O. The molecule has 2 heterocycles. The minimum atomic E-state index is 0.723. The third-order valence-corrected chi connectivity index (χ3v) is 3.15. The molecule has 0 aliphatic carbocycles. The van der Waals surface area contributed by atoms with Crippen molar-refractivity contribution in [3.8, 4) is 5.69 Å². The fraction of sp³-hybridized carbons (Fsp3) is 0.188. The first-order valence-corrected chi connectivity index (χ1v) is 6.67. The van der Waals surface area contributed by atoms with Gasteiger partial charge in [-0.1, -0.05) is 18.2 Å². The van der Waals surface area contributed by atoms with Gasteiger partial charge in [-0.2, -0.15) is 5.10 Å². The maximum atomic E-state index is 5.54. The highest BCUT2D eigenvalue weighted by atomic mass is 16.3. The van der Waals surface area contributed by atoms with E-state index in [0.29, 0.717) is 0 Å². The third kappa shape index (κ3) is 2.81. The second kappa shape index (κ2) is 5.75. The van der Waals surface area contributed by atoms with Crippen LogP contribution in [0.15, 0.2) is 59.3 Å². The van der Waals surface area contributed by atoms with Gasteiger partial charge >= 0.3 is 0 Å². The van der Waals surface area contributed by atoms with E-state index in [-0.39, 0.29) is 0 Å². The molecule has 0 bridgehead atoms. The number of nitrogens with one attached hydrogen (secondary N) is 1. The molecule has 3 aromatic rings. The molecule has 0 aliphatic heterocycles. The Hall–Kier alpha value is -2.33. The van der Waals surface area contributed by atoms with Crippen LogP contribution in [0.4, 0.5) is 0 Å². The molecule has 2 aromatic heterocycles. The Morgan fingerprint density at radius 1 is 1.10 bits per heavy atom. The zero-order chi connectivity index (χ0) is 13.8. The zero-order valence-corrected chi connectivity index (χ0v) is 11.4. The lowest BCUT2D eigenvalue weighted by Crippen LogP contribution is -2.14. The van der Waals surface area contributed by atoms with Gasteiger partial charge in [0, 0.05) is 18.9 Å². The van der Waals surface area contributed by atoms with Crippen LogP contribution < -0.4 is 5.32 Å². The maximum absolute atomic E-state index is 5.54. The van der Waals surface area contributed by atoms with E-state index in [2.05, 4.69) is 22.5 Å². The lowest BCUT2D eigenvalue weighted by molar-refractivity contribution is 0.461. The number of aromatic nitrogens is 2. The summed E-state index contributed by atoms with van der Waals surface area (Å²) in [4.78, 5) is 0. The lowest BCUT2D eigenvalue weighted by atomic mass is 10.2. The van der Waals surface area contributed by atoms with Crippen molar-refractivity contribution in [3.05, 3.63) is 71.9 Å². The minimum Gasteiger partial charge on any atom is -0.465 e. The molecule has 0 radical (unpaired) electrons. The predicted molar refractivity (Wildman–Crippen MR) is 77.6 cm³/mol. The largest absolute Gasteiger partial charge is 0.465 e. The van der Waals surface area contributed by atoms with Gasteiger partial charge in [-0.25, -0.2) is 4.68 Å². The molecule has 0 atom stereocenters. The first kappa shape index (κ1) is 12.7. The molecule has 0 aliphatic rings. The van der Waals surface area contributed by atoms with Crippen molar-refractivity contribution in [2.24, 2.45) is 0 Å². The summed E-state index contributed by atoms with van der Waals surface area (Å²) >= 11 is 0. The number of hydrogen-bond donors (Lipinski definition) is 1. The Bertz CT molecular complexity index is 671. The Kier molecular flexibility index (Phi) is 3.65. The van der Waals surface area contributed by atoms with Gasteiger partial charge in [-0.05, 0) is 36.8 Å². The molecule has 0 saturated heterocycles. The first-order valence-electron chi connectivity index (χ1n) is 6.67. The van der Waals surface area contributed by atoms with Crippen LogP contribution in [-0.4, -0.2) is 9.78 Å². The Morgan fingerprint density at radius 3 is 2.75 bits per heavy atom. The summed E-state index contributed by atoms with van der Waals surface area (Å²) in [6, 6.07) is 14.2. The number of benzene rings is 1. The highest BCUT2D eigenvalue weighted by Crippen LogP contribution is 2.13.